The summed E-state index contributed by atoms with van der Waals surface area (Å²) in [5.41, 5.74) is 3.72. The zero-order valence-corrected chi connectivity index (χ0v) is 21.0. The average molecular weight is 568 g/mol. The fourth-order valence-electron chi connectivity index (χ4n) is 3.42. The van der Waals surface area contributed by atoms with Crippen LogP contribution < -0.4 is 15.4 Å². The lowest BCUT2D eigenvalue weighted by Gasteiger charge is -2.26. The molecule has 1 aliphatic heterocycles. The highest BCUT2D eigenvalue weighted by Gasteiger charge is 2.62. The van der Waals surface area contributed by atoms with Crippen LogP contribution in [-0.4, -0.2) is 58.4 Å². The Balaban J connectivity index is 0.000000550. The second-order valence-corrected chi connectivity index (χ2v) is 8.72. The van der Waals surface area contributed by atoms with Crippen molar-refractivity contribution in [1.82, 2.24) is 10.3 Å². The molecular formula is C24H27ClF5N3O5. The molecule has 0 radical (unpaired) electrons. The van der Waals surface area contributed by atoms with E-state index >= 15 is 0 Å². The van der Waals surface area contributed by atoms with Crippen molar-refractivity contribution in [2.75, 3.05) is 18.4 Å². The second kappa shape index (κ2) is 13.6. The molecule has 8 nitrogen and oxygen atoms in total. The Hall–Kier alpha value is -3.19. The van der Waals surface area contributed by atoms with Crippen LogP contribution >= 0.6 is 11.6 Å². The van der Waals surface area contributed by atoms with E-state index in [4.69, 9.17) is 26.6 Å². The Morgan fingerprint density at radius 2 is 1.71 bits per heavy atom. The van der Waals surface area contributed by atoms with E-state index in [1.165, 1.54) is 17.7 Å². The van der Waals surface area contributed by atoms with Gasteiger partial charge in [0, 0.05) is 0 Å². The van der Waals surface area contributed by atoms with Gasteiger partial charge in [0.1, 0.15) is 5.75 Å². The number of carbonyl (C=O) groups is 2. The molecule has 14 heteroatoms. The van der Waals surface area contributed by atoms with Gasteiger partial charge in [-0.25, -0.2) is 0 Å². The van der Waals surface area contributed by atoms with Gasteiger partial charge in [0.25, 0.3) is 0 Å². The first kappa shape index (κ1) is 31.0. The van der Waals surface area contributed by atoms with Gasteiger partial charge in [-0.2, -0.15) is 22.0 Å². The van der Waals surface area contributed by atoms with Crippen molar-refractivity contribution in [3.8, 4) is 5.75 Å². The number of alkyl halides is 5. The van der Waals surface area contributed by atoms with Crippen molar-refractivity contribution in [2.45, 2.75) is 57.4 Å². The van der Waals surface area contributed by atoms with Gasteiger partial charge in [0.2, 0.25) is 0 Å². The molecule has 0 bridgehead atoms. The lowest BCUT2D eigenvalue weighted by atomic mass is 10.0. The molecule has 4 N–H and O–H groups in total. The quantitative estimate of drug-likeness (QED) is 0.315. The molecule has 3 rings (SSSR count). The number of carboxylic acid groups (broad SMARTS) is 2. The number of carboxylic acids is 2. The summed E-state index contributed by atoms with van der Waals surface area (Å²) in [5, 5.41) is 23.0. The third kappa shape index (κ3) is 8.98. The van der Waals surface area contributed by atoms with E-state index in [1.807, 2.05) is 12.1 Å². The van der Waals surface area contributed by atoms with Crippen LogP contribution in [0.2, 0.25) is 5.02 Å². The number of aromatic nitrogens is 1. The van der Waals surface area contributed by atoms with Gasteiger partial charge < -0.3 is 25.6 Å². The fourth-order valence-corrected chi connectivity index (χ4v) is 3.67. The number of benzene rings is 1. The zero-order chi connectivity index (χ0) is 28.5. The van der Waals surface area contributed by atoms with Crippen molar-refractivity contribution in [2.24, 2.45) is 0 Å². The van der Waals surface area contributed by atoms with Crippen LogP contribution in [0.1, 0.15) is 36.6 Å². The molecule has 1 unspecified atom stereocenters. The summed E-state index contributed by atoms with van der Waals surface area (Å²) < 4.78 is 68.6. The normalized spacial score (nSPS) is 14.3. The molecule has 210 valence electrons. The molecule has 1 atom stereocenters. The number of aliphatic carboxylic acids is 2. The molecule has 0 saturated heterocycles. The molecule has 1 aromatic heterocycles. The number of nitrogens with zero attached hydrogens (tertiary/aromatic N) is 1. The summed E-state index contributed by atoms with van der Waals surface area (Å²) in [4.78, 5) is 23.4. The minimum Gasteiger partial charge on any atom is -0.482 e. The molecule has 2 heterocycles. The predicted molar refractivity (Wildman–Crippen MR) is 129 cm³/mol. The van der Waals surface area contributed by atoms with Crippen LogP contribution in [0.4, 0.5) is 27.6 Å². The summed E-state index contributed by atoms with van der Waals surface area (Å²) in [6.07, 6.45) is -5.82. The van der Waals surface area contributed by atoms with Gasteiger partial charge in [0.05, 0.1) is 42.0 Å². The second-order valence-electron chi connectivity index (χ2n) is 8.32. The molecule has 0 aliphatic carbocycles. The lowest BCUT2D eigenvalue weighted by molar-refractivity contribution is -0.306. The molecule has 2 aromatic rings. The summed E-state index contributed by atoms with van der Waals surface area (Å²) in [7, 11) is 0. The smallest absolute Gasteiger partial charge is 0.457 e. The average Bonchev–Trinajstić information content (AvgIpc) is 3.08. The molecule has 1 aliphatic rings. The van der Waals surface area contributed by atoms with E-state index in [0.717, 1.165) is 43.4 Å². The molecule has 0 fully saturated rings. The third-order valence-electron chi connectivity index (χ3n) is 5.48. The molecule has 1 aromatic carbocycles. The van der Waals surface area contributed by atoms with E-state index in [0.29, 0.717) is 24.2 Å². The van der Waals surface area contributed by atoms with Crippen LogP contribution in [0.5, 0.6) is 5.75 Å². The minimum absolute atomic E-state index is 0.173. The maximum Gasteiger partial charge on any atom is 0.457 e. The van der Waals surface area contributed by atoms with Crippen molar-refractivity contribution in [3.05, 3.63) is 52.3 Å². The van der Waals surface area contributed by atoms with Crippen LogP contribution in [0.25, 0.3) is 0 Å². The van der Waals surface area contributed by atoms with Crippen molar-refractivity contribution in [3.63, 3.8) is 0 Å². The van der Waals surface area contributed by atoms with Gasteiger partial charge >= 0.3 is 24.0 Å². The number of anilines is 1. The van der Waals surface area contributed by atoms with Crippen LogP contribution in [-0.2, 0) is 29.0 Å². The van der Waals surface area contributed by atoms with Gasteiger partial charge in [-0.3, -0.25) is 14.6 Å². The largest absolute Gasteiger partial charge is 0.482 e. The van der Waals surface area contributed by atoms with E-state index in [9.17, 15) is 31.5 Å². The summed E-state index contributed by atoms with van der Waals surface area (Å²) in [6, 6.07) is 6.65. The lowest BCUT2D eigenvalue weighted by Crippen LogP contribution is -2.48. The summed E-state index contributed by atoms with van der Waals surface area (Å²) in [6.45, 7) is 2.70. The monoisotopic (exact) mass is 567 g/mol. The highest BCUT2D eigenvalue weighted by molar-refractivity contribution is 6.33. The first-order valence-electron chi connectivity index (χ1n) is 11.5. The van der Waals surface area contributed by atoms with Crippen molar-refractivity contribution in [1.29, 1.82) is 0 Å². The Bertz CT molecular complexity index is 1090. The highest BCUT2D eigenvalue weighted by Crippen LogP contribution is 2.39. The number of hydrogen-bond acceptors (Lipinski definition) is 6. The Kier molecular flexibility index (Phi) is 11.1. The van der Waals surface area contributed by atoms with E-state index in [-0.39, 0.29) is 18.6 Å². The van der Waals surface area contributed by atoms with Crippen molar-refractivity contribution < 1.29 is 46.5 Å². The van der Waals surface area contributed by atoms with Gasteiger partial charge in [0.15, 0.2) is 6.10 Å². The topological polar surface area (TPSA) is 121 Å². The number of ether oxygens (including phenoxy) is 1. The van der Waals surface area contributed by atoms with Gasteiger partial charge in [-0.15, -0.1) is 0 Å². The Labute approximate surface area is 220 Å². The Morgan fingerprint density at radius 1 is 1.08 bits per heavy atom. The predicted octanol–water partition coefficient (Wildman–Crippen LogP) is 4.94. The standard InChI is InChI=1S/C20H21ClF5N3O.C4H6O4/c1-12(19(22,23)20(24,25)26)30-15-4-3-14(28-11-15)10-29-18-16-7-9-27-8-6-13(16)2-5-17(18)21;5-3(6)1-2-4(7)8/h2-5,11-12,27,29H,6-10H2,1H3;1-2H2,(H,5,6)(H,7,8). The highest BCUT2D eigenvalue weighted by atomic mass is 35.5. The van der Waals surface area contributed by atoms with Crippen molar-refractivity contribution >= 4 is 29.2 Å². The fraction of sp³-hybridized carbons (Fsp3) is 0.458. The SMILES string of the molecule is CC(Oc1ccc(CNc2c(Cl)ccc3c2CCNCC3)nc1)C(F)(F)C(F)(F)F.O=C(O)CCC(=O)O. The van der Waals surface area contributed by atoms with Gasteiger partial charge in [-0.1, -0.05) is 17.7 Å². The molecule has 38 heavy (non-hydrogen) atoms. The number of pyridine rings is 1. The minimum atomic E-state index is -5.69. The molecule has 0 saturated carbocycles. The summed E-state index contributed by atoms with van der Waals surface area (Å²) >= 11 is 6.36. The van der Waals surface area contributed by atoms with Gasteiger partial charge in [-0.05, 0) is 62.2 Å². The molecular weight excluding hydrogens is 541 g/mol. The first-order valence-corrected chi connectivity index (χ1v) is 11.8. The zero-order valence-electron chi connectivity index (χ0n) is 20.2. The van der Waals surface area contributed by atoms with Crippen LogP contribution in [0.3, 0.4) is 0 Å². The number of fused-ring (bicyclic) bond motifs is 1. The number of halogens is 6. The van der Waals surface area contributed by atoms with Crippen LogP contribution in [0, 0.1) is 0 Å². The molecule has 0 amide bonds. The maximum atomic E-state index is 13.3. The van der Waals surface area contributed by atoms with E-state index < -0.39 is 30.1 Å². The number of hydrogen-bond donors (Lipinski definition) is 4. The summed E-state index contributed by atoms with van der Waals surface area (Å²) in [5.74, 6) is -7.29. The first-order chi connectivity index (χ1) is 17.7. The van der Waals surface area contributed by atoms with Crippen LogP contribution in [0.15, 0.2) is 30.5 Å². The number of nitrogens with one attached hydrogen (secondary N) is 2. The van der Waals surface area contributed by atoms with E-state index in [2.05, 4.69) is 15.6 Å². The Morgan fingerprint density at radius 3 is 2.26 bits per heavy atom. The molecule has 0 spiro atoms. The van der Waals surface area contributed by atoms with E-state index in [1.54, 1.807) is 0 Å². The number of rotatable bonds is 9. The maximum absolute atomic E-state index is 13.3. The third-order valence-corrected chi connectivity index (χ3v) is 5.79.